The number of nitrogens with zero attached hydrogens (tertiary/aromatic N) is 3. The van der Waals surface area contributed by atoms with Crippen LogP contribution in [0.2, 0.25) is 0 Å². The Hall–Kier alpha value is -3.65. The van der Waals surface area contributed by atoms with Crippen molar-refractivity contribution in [2.24, 2.45) is 5.10 Å². The summed E-state index contributed by atoms with van der Waals surface area (Å²) in [6.07, 6.45) is 1.68. The number of amidine groups is 1. The summed E-state index contributed by atoms with van der Waals surface area (Å²) in [7, 11) is 1.62. The van der Waals surface area contributed by atoms with Gasteiger partial charge in [0.2, 0.25) is 0 Å². The molecular formula is C29H34N4O3S. The molecule has 0 aliphatic carbocycles. The molecule has 1 aliphatic rings. The fourth-order valence-electron chi connectivity index (χ4n) is 4.18. The number of hydrazone groups is 1. The van der Waals surface area contributed by atoms with Gasteiger partial charge in [-0.15, -0.1) is 11.3 Å². The molecule has 2 heterocycles. The monoisotopic (exact) mass is 518 g/mol. The zero-order valence-electron chi connectivity index (χ0n) is 22.4. The predicted octanol–water partition coefficient (Wildman–Crippen LogP) is 6.72. The van der Waals surface area contributed by atoms with E-state index in [4.69, 9.17) is 10.1 Å². The second-order valence-electron chi connectivity index (χ2n) is 11.2. The molecule has 1 aliphatic heterocycles. The van der Waals surface area contributed by atoms with Crippen LogP contribution >= 0.6 is 11.3 Å². The summed E-state index contributed by atoms with van der Waals surface area (Å²) in [4.78, 5) is 4.67. The summed E-state index contributed by atoms with van der Waals surface area (Å²) in [5.41, 5.74) is 4.08. The number of methoxy groups -OCH3 is 1. The Morgan fingerprint density at radius 3 is 2.16 bits per heavy atom. The van der Waals surface area contributed by atoms with E-state index in [1.807, 2.05) is 41.8 Å². The van der Waals surface area contributed by atoms with Crippen molar-refractivity contribution in [2.75, 3.05) is 13.7 Å². The van der Waals surface area contributed by atoms with Crippen molar-refractivity contribution >= 4 is 29.0 Å². The quantitative estimate of drug-likeness (QED) is 0.326. The summed E-state index contributed by atoms with van der Waals surface area (Å²) in [5, 5.41) is 38.8. The third-order valence-corrected chi connectivity index (χ3v) is 7.14. The number of phenols is 1. The van der Waals surface area contributed by atoms with Gasteiger partial charge < -0.3 is 14.9 Å². The lowest BCUT2D eigenvalue weighted by Crippen LogP contribution is -2.21. The largest absolute Gasteiger partial charge is 0.509 e. The molecule has 8 heteroatoms. The Labute approximate surface area is 222 Å². The molecular weight excluding hydrogens is 484 g/mol. The highest BCUT2D eigenvalue weighted by molar-refractivity contribution is 7.11. The third-order valence-electron chi connectivity index (χ3n) is 6.28. The van der Waals surface area contributed by atoms with Gasteiger partial charge in [0, 0.05) is 22.1 Å². The smallest absolute Gasteiger partial charge is 0.155 e. The fraction of sp³-hybridized carbons (Fsp3) is 0.345. The lowest BCUT2D eigenvalue weighted by atomic mass is 9.78. The molecule has 0 spiro atoms. The van der Waals surface area contributed by atoms with Gasteiger partial charge in [-0.25, -0.2) is 9.99 Å². The minimum absolute atomic E-state index is 0.0641. The van der Waals surface area contributed by atoms with Gasteiger partial charge in [0.25, 0.3) is 0 Å². The number of phenolic OH excluding ortho intramolecular Hbond substituents is 1. The number of aliphatic hydroxyl groups is 1. The van der Waals surface area contributed by atoms with Crippen LogP contribution in [0.5, 0.6) is 11.5 Å². The molecule has 0 bridgehead atoms. The summed E-state index contributed by atoms with van der Waals surface area (Å²) < 4.78 is 5.22. The standard InChI is InChI=1S/C29H34N4O3S/c1-28(2,3)20-12-17(13-21(25(20)35)29(4,5)6)14-31-33-15-23(34)24(26(33)30)27-32-22(16-37-27)18-8-10-19(36-7)11-9-18/h8-14,16,30,34-35H,15H2,1-7H3/b30-26?,31-14+. The van der Waals surface area contributed by atoms with Crippen LogP contribution in [0.15, 0.2) is 52.6 Å². The van der Waals surface area contributed by atoms with Crippen molar-refractivity contribution in [3.8, 4) is 22.8 Å². The van der Waals surface area contributed by atoms with Crippen molar-refractivity contribution in [3.05, 3.63) is 69.2 Å². The van der Waals surface area contributed by atoms with Gasteiger partial charge in [0.15, 0.2) is 5.84 Å². The SMILES string of the molecule is COc1ccc(-c2csc(C3=C(O)CN(/N=C/c4cc(C(C)(C)C)c(O)c(C(C)(C)C)c4)C3=N)n2)cc1. The van der Waals surface area contributed by atoms with Crippen LogP contribution in [0, 0.1) is 5.41 Å². The molecule has 2 aromatic carbocycles. The number of ether oxygens (including phenoxy) is 1. The van der Waals surface area contributed by atoms with Gasteiger partial charge >= 0.3 is 0 Å². The number of aromatic nitrogens is 1. The zero-order valence-corrected chi connectivity index (χ0v) is 23.2. The van der Waals surface area contributed by atoms with Gasteiger partial charge in [-0.3, -0.25) is 5.41 Å². The minimum Gasteiger partial charge on any atom is -0.509 e. The molecule has 37 heavy (non-hydrogen) atoms. The normalized spacial score (nSPS) is 14.8. The molecule has 0 fully saturated rings. The molecule has 3 aromatic rings. The van der Waals surface area contributed by atoms with Crippen LogP contribution < -0.4 is 4.74 Å². The molecule has 0 atom stereocenters. The molecule has 0 saturated heterocycles. The van der Waals surface area contributed by atoms with Gasteiger partial charge in [-0.2, -0.15) is 5.10 Å². The second-order valence-corrected chi connectivity index (χ2v) is 12.1. The van der Waals surface area contributed by atoms with Crippen molar-refractivity contribution in [1.29, 1.82) is 5.41 Å². The Bertz CT molecular complexity index is 1350. The van der Waals surface area contributed by atoms with Gasteiger partial charge in [-0.05, 0) is 52.8 Å². The molecule has 4 rings (SSSR count). The van der Waals surface area contributed by atoms with Crippen molar-refractivity contribution in [2.45, 2.75) is 52.4 Å². The number of thiazole rings is 1. The molecule has 0 amide bonds. The van der Waals surface area contributed by atoms with E-state index in [2.05, 4.69) is 51.6 Å². The topological polar surface area (TPSA) is 102 Å². The first-order valence-corrected chi connectivity index (χ1v) is 13.0. The van der Waals surface area contributed by atoms with Crippen LogP contribution in [-0.4, -0.2) is 45.9 Å². The summed E-state index contributed by atoms with van der Waals surface area (Å²) in [5.74, 6) is 1.23. The Balaban J connectivity index is 1.59. The Kier molecular flexibility index (Phi) is 6.90. The van der Waals surface area contributed by atoms with E-state index in [-0.39, 0.29) is 29.0 Å². The number of aromatic hydroxyl groups is 1. The van der Waals surface area contributed by atoms with Crippen LogP contribution in [0.25, 0.3) is 16.8 Å². The van der Waals surface area contributed by atoms with Crippen molar-refractivity contribution in [1.82, 2.24) is 9.99 Å². The number of benzene rings is 2. The van der Waals surface area contributed by atoms with Crippen molar-refractivity contribution in [3.63, 3.8) is 0 Å². The minimum atomic E-state index is -0.256. The van der Waals surface area contributed by atoms with Gasteiger partial charge in [0.05, 0.1) is 24.6 Å². The zero-order chi connectivity index (χ0) is 27.1. The molecule has 0 radical (unpaired) electrons. The molecule has 1 aromatic heterocycles. The Morgan fingerprint density at radius 2 is 1.62 bits per heavy atom. The maximum atomic E-state index is 11.0. The number of hydrogen-bond acceptors (Lipinski definition) is 7. The van der Waals surface area contributed by atoms with Crippen LogP contribution in [-0.2, 0) is 10.8 Å². The second kappa shape index (κ2) is 9.67. The van der Waals surface area contributed by atoms with E-state index < -0.39 is 0 Å². The number of nitrogens with one attached hydrogen (secondary N) is 1. The maximum Gasteiger partial charge on any atom is 0.155 e. The van der Waals surface area contributed by atoms with E-state index in [1.54, 1.807) is 13.3 Å². The lowest BCUT2D eigenvalue weighted by molar-refractivity contribution is 0.358. The third kappa shape index (κ3) is 5.39. The first-order chi connectivity index (χ1) is 17.3. The summed E-state index contributed by atoms with van der Waals surface area (Å²) in [6, 6.07) is 11.5. The van der Waals surface area contributed by atoms with E-state index >= 15 is 0 Å². The maximum absolute atomic E-state index is 11.0. The number of rotatable bonds is 5. The average Bonchev–Trinajstić information content (AvgIpc) is 3.40. The Morgan fingerprint density at radius 1 is 1.03 bits per heavy atom. The predicted molar refractivity (Wildman–Crippen MR) is 151 cm³/mol. The highest BCUT2D eigenvalue weighted by atomic mass is 32.1. The first kappa shape index (κ1) is 26.4. The van der Waals surface area contributed by atoms with Gasteiger partial charge in [-0.1, -0.05) is 41.5 Å². The van der Waals surface area contributed by atoms with E-state index in [0.717, 1.165) is 33.7 Å². The lowest BCUT2D eigenvalue weighted by Gasteiger charge is -2.27. The molecule has 7 nitrogen and oxygen atoms in total. The van der Waals surface area contributed by atoms with Gasteiger partial charge in [0.1, 0.15) is 28.8 Å². The van der Waals surface area contributed by atoms with E-state index in [0.29, 0.717) is 16.3 Å². The van der Waals surface area contributed by atoms with E-state index in [9.17, 15) is 10.2 Å². The average molecular weight is 519 g/mol. The molecule has 0 saturated carbocycles. The fourth-order valence-corrected chi connectivity index (χ4v) is 5.08. The first-order valence-electron chi connectivity index (χ1n) is 12.1. The van der Waals surface area contributed by atoms with Crippen LogP contribution in [0.3, 0.4) is 0 Å². The summed E-state index contributed by atoms with van der Waals surface area (Å²) >= 11 is 1.38. The number of aliphatic hydroxyl groups excluding tert-OH is 1. The molecule has 0 unspecified atom stereocenters. The van der Waals surface area contributed by atoms with Crippen LogP contribution in [0.4, 0.5) is 0 Å². The number of hydrogen-bond donors (Lipinski definition) is 3. The highest BCUT2D eigenvalue weighted by Gasteiger charge is 2.31. The van der Waals surface area contributed by atoms with Crippen LogP contribution in [0.1, 0.15) is 63.2 Å². The highest BCUT2D eigenvalue weighted by Crippen LogP contribution is 2.39. The molecule has 3 N–H and O–H groups in total. The van der Waals surface area contributed by atoms with Crippen molar-refractivity contribution < 1.29 is 14.9 Å². The molecule has 194 valence electrons. The van der Waals surface area contributed by atoms with E-state index in [1.165, 1.54) is 16.3 Å². The summed E-state index contributed by atoms with van der Waals surface area (Å²) in [6.45, 7) is 12.5.